The second-order valence-electron chi connectivity index (χ2n) is 6.49. The molecule has 26 heavy (non-hydrogen) atoms. The third kappa shape index (κ3) is 5.16. The van der Waals surface area contributed by atoms with Crippen molar-refractivity contribution in [3.05, 3.63) is 81.3 Å². The highest BCUT2D eigenvalue weighted by Gasteiger charge is 2.05. The molecular weight excluding hydrogens is 340 g/mol. The molecule has 1 N–H and O–H groups in total. The third-order valence-corrected chi connectivity index (χ3v) is 5.30. The first kappa shape index (κ1) is 18.6. The van der Waals surface area contributed by atoms with Crippen LogP contribution in [0.2, 0.25) is 0 Å². The first-order valence-electron chi connectivity index (χ1n) is 9.09. The number of aromatic nitrogens is 1. The fourth-order valence-electron chi connectivity index (χ4n) is 2.77. The maximum atomic E-state index is 5.80. The van der Waals surface area contributed by atoms with Gasteiger partial charge in [-0.1, -0.05) is 43.3 Å². The summed E-state index contributed by atoms with van der Waals surface area (Å²) in [7, 11) is 0. The van der Waals surface area contributed by atoms with Gasteiger partial charge in [-0.3, -0.25) is 0 Å². The molecule has 0 amide bonds. The molecule has 1 atom stereocenters. The van der Waals surface area contributed by atoms with Gasteiger partial charge in [0.05, 0.1) is 10.7 Å². The summed E-state index contributed by atoms with van der Waals surface area (Å²) in [6.45, 7) is 7.75. The van der Waals surface area contributed by atoms with E-state index in [2.05, 4.69) is 60.5 Å². The summed E-state index contributed by atoms with van der Waals surface area (Å²) in [5.74, 6) is 0.877. The van der Waals surface area contributed by atoms with Crippen LogP contribution in [0.3, 0.4) is 0 Å². The molecule has 0 saturated carbocycles. The van der Waals surface area contributed by atoms with Crippen molar-refractivity contribution in [2.45, 2.75) is 46.4 Å². The number of nitrogens with one attached hydrogen (secondary N) is 1. The second-order valence-corrected chi connectivity index (χ2v) is 7.55. The molecule has 1 aromatic heterocycles. The van der Waals surface area contributed by atoms with Crippen LogP contribution in [-0.2, 0) is 19.6 Å². The molecule has 0 aliphatic rings. The highest BCUT2D eigenvalue weighted by Crippen LogP contribution is 2.17. The van der Waals surface area contributed by atoms with E-state index in [1.807, 2.05) is 24.4 Å². The Morgan fingerprint density at radius 1 is 1.04 bits per heavy atom. The monoisotopic (exact) mass is 366 g/mol. The molecule has 1 heterocycles. The normalized spacial score (nSPS) is 12.1. The van der Waals surface area contributed by atoms with E-state index >= 15 is 0 Å². The zero-order valence-corrected chi connectivity index (χ0v) is 16.5. The third-order valence-electron chi connectivity index (χ3n) is 4.48. The van der Waals surface area contributed by atoms with Crippen LogP contribution in [-0.4, -0.2) is 4.98 Å². The van der Waals surface area contributed by atoms with E-state index in [-0.39, 0.29) is 0 Å². The predicted molar refractivity (Wildman–Crippen MR) is 109 cm³/mol. The van der Waals surface area contributed by atoms with Gasteiger partial charge in [-0.05, 0) is 49.1 Å². The summed E-state index contributed by atoms with van der Waals surface area (Å²) in [5, 5.41) is 6.70. The van der Waals surface area contributed by atoms with E-state index in [0.717, 1.165) is 29.4 Å². The number of benzene rings is 2. The Hall–Kier alpha value is -2.17. The number of thiazole rings is 1. The van der Waals surface area contributed by atoms with Gasteiger partial charge in [0.25, 0.3) is 0 Å². The highest BCUT2D eigenvalue weighted by atomic mass is 32.1. The molecule has 1 unspecified atom stereocenters. The van der Waals surface area contributed by atoms with Crippen LogP contribution in [0.25, 0.3) is 0 Å². The zero-order valence-electron chi connectivity index (χ0n) is 15.7. The van der Waals surface area contributed by atoms with Crippen molar-refractivity contribution in [2.75, 3.05) is 0 Å². The van der Waals surface area contributed by atoms with Crippen molar-refractivity contribution >= 4 is 11.3 Å². The Labute approximate surface area is 160 Å². The van der Waals surface area contributed by atoms with Crippen molar-refractivity contribution in [2.24, 2.45) is 0 Å². The van der Waals surface area contributed by atoms with Crippen LogP contribution in [0.15, 0.2) is 53.9 Å². The lowest BCUT2D eigenvalue weighted by Crippen LogP contribution is -2.18. The summed E-state index contributed by atoms with van der Waals surface area (Å²) in [6.07, 6.45) is 1.08. The van der Waals surface area contributed by atoms with E-state index < -0.39 is 0 Å². The first-order chi connectivity index (χ1) is 12.6. The molecule has 2 aromatic carbocycles. The van der Waals surface area contributed by atoms with Gasteiger partial charge in [-0.15, -0.1) is 11.3 Å². The van der Waals surface area contributed by atoms with Crippen molar-refractivity contribution in [3.63, 3.8) is 0 Å². The Bertz CT molecular complexity index is 809. The highest BCUT2D eigenvalue weighted by molar-refractivity contribution is 7.09. The van der Waals surface area contributed by atoms with Gasteiger partial charge >= 0.3 is 0 Å². The minimum Gasteiger partial charge on any atom is -0.487 e. The molecule has 3 aromatic rings. The average Bonchev–Trinajstić information content (AvgIpc) is 3.10. The quantitative estimate of drug-likeness (QED) is 0.576. The minimum absolute atomic E-state index is 0.324. The van der Waals surface area contributed by atoms with E-state index in [1.54, 1.807) is 11.3 Å². The fourth-order valence-corrected chi connectivity index (χ4v) is 3.36. The number of nitrogens with zero attached hydrogens (tertiary/aromatic N) is 1. The largest absolute Gasteiger partial charge is 0.487 e. The Morgan fingerprint density at radius 3 is 2.35 bits per heavy atom. The number of ether oxygens (including phenoxy) is 1. The van der Waals surface area contributed by atoms with Crippen molar-refractivity contribution in [3.8, 4) is 5.75 Å². The topological polar surface area (TPSA) is 34.1 Å². The smallest absolute Gasteiger partial charge is 0.131 e. The molecule has 0 radical (unpaired) electrons. The van der Waals surface area contributed by atoms with Crippen LogP contribution in [0.1, 0.15) is 47.3 Å². The van der Waals surface area contributed by atoms with Crippen molar-refractivity contribution in [1.82, 2.24) is 10.3 Å². The Morgan fingerprint density at radius 2 is 1.73 bits per heavy atom. The fraction of sp³-hybridized carbons (Fsp3) is 0.318. The van der Waals surface area contributed by atoms with E-state index in [1.165, 1.54) is 16.7 Å². The van der Waals surface area contributed by atoms with Crippen molar-refractivity contribution < 1.29 is 4.74 Å². The molecule has 136 valence electrons. The number of rotatable bonds is 8. The molecule has 0 saturated heterocycles. The second kappa shape index (κ2) is 8.97. The van der Waals surface area contributed by atoms with Crippen LogP contribution in [0, 0.1) is 6.92 Å². The lowest BCUT2D eigenvalue weighted by Gasteiger charge is -2.15. The molecule has 4 heteroatoms. The van der Waals surface area contributed by atoms with Crippen LogP contribution < -0.4 is 10.1 Å². The summed E-state index contributed by atoms with van der Waals surface area (Å²) < 4.78 is 5.80. The lowest BCUT2D eigenvalue weighted by atomic mass is 10.0. The molecule has 0 aliphatic heterocycles. The molecule has 3 rings (SSSR count). The molecule has 0 fully saturated rings. The summed E-state index contributed by atoms with van der Waals surface area (Å²) >= 11 is 1.65. The number of hydrogen-bond donors (Lipinski definition) is 1. The van der Waals surface area contributed by atoms with Crippen LogP contribution in [0.5, 0.6) is 5.75 Å². The molecule has 0 spiro atoms. The summed E-state index contributed by atoms with van der Waals surface area (Å²) in [6, 6.07) is 17.5. The van der Waals surface area contributed by atoms with Gasteiger partial charge in [-0.25, -0.2) is 4.98 Å². The predicted octanol–water partition coefficient (Wildman–Crippen LogP) is 5.44. The molecule has 0 bridgehead atoms. The molecule has 3 nitrogen and oxygen atoms in total. The maximum Gasteiger partial charge on any atom is 0.131 e. The minimum atomic E-state index is 0.324. The van der Waals surface area contributed by atoms with E-state index in [4.69, 9.17) is 4.74 Å². The Kier molecular flexibility index (Phi) is 6.42. The average molecular weight is 367 g/mol. The lowest BCUT2D eigenvalue weighted by molar-refractivity contribution is 0.302. The Balaban J connectivity index is 1.48. The number of hydrogen-bond acceptors (Lipinski definition) is 4. The van der Waals surface area contributed by atoms with Gasteiger partial charge < -0.3 is 10.1 Å². The van der Waals surface area contributed by atoms with Gasteiger partial charge in [0, 0.05) is 18.0 Å². The van der Waals surface area contributed by atoms with Crippen molar-refractivity contribution in [1.29, 1.82) is 0 Å². The van der Waals surface area contributed by atoms with Gasteiger partial charge in [-0.2, -0.15) is 0 Å². The van der Waals surface area contributed by atoms with Gasteiger partial charge in [0.2, 0.25) is 0 Å². The summed E-state index contributed by atoms with van der Waals surface area (Å²) in [4.78, 5) is 4.42. The van der Waals surface area contributed by atoms with Crippen LogP contribution in [0.4, 0.5) is 0 Å². The first-order valence-corrected chi connectivity index (χ1v) is 9.97. The van der Waals surface area contributed by atoms with Crippen LogP contribution >= 0.6 is 11.3 Å². The van der Waals surface area contributed by atoms with E-state index in [9.17, 15) is 0 Å². The molecule has 0 aliphatic carbocycles. The van der Waals surface area contributed by atoms with Gasteiger partial charge in [0.15, 0.2) is 0 Å². The maximum absolute atomic E-state index is 5.80. The van der Waals surface area contributed by atoms with E-state index in [0.29, 0.717) is 12.6 Å². The molecular formula is C22H26N2OS. The zero-order chi connectivity index (χ0) is 18.4. The standard InChI is InChI=1S/C22H26N2OS/c1-4-18-5-9-20(10-6-18)16(2)23-13-19-7-11-22(12-8-19)25-14-21-15-26-17(3)24-21/h5-12,15-16,23H,4,13-14H2,1-3H3. The van der Waals surface area contributed by atoms with Gasteiger partial charge in [0.1, 0.15) is 12.4 Å². The summed E-state index contributed by atoms with van der Waals surface area (Å²) in [5.41, 5.74) is 4.94. The SMILES string of the molecule is CCc1ccc(C(C)NCc2ccc(OCc3csc(C)n3)cc2)cc1. The number of aryl methyl sites for hydroxylation is 2.